The number of phenols is 1. The number of fused-ring (bicyclic) bond motifs is 2. The molecule has 6 rings (SSSR count). The predicted molar refractivity (Wildman–Crippen MR) is 164 cm³/mol. The summed E-state index contributed by atoms with van der Waals surface area (Å²) in [6.45, 7) is 4.40. The van der Waals surface area contributed by atoms with Crippen LogP contribution in [0.1, 0.15) is 58.8 Å². The van der Waals surface area contributed by atoms with Crippen LogP contribution in [0, 0.1) is 16.6 Å². The van der Waals surface area contributed by atoms with E-state index in [0.717, 1.165) is 51.1 Å². The molecular formula is C29H33F2N5O2S3. The van der Waals surface area contributed by atoms with Gasteiger partial charge in [0.1, 0.15) is 17.7 Å². The maximum Gasteiger partial charge on any atom is 0.242 e. The number of aromatic nitrogens is 4. The number of hydrogen-bond acceptors (Lipinski definition) is 10. The highest BCUT2D eigenvalue weighted by Crippen LogP contribution is 2.58. The Hall–Kier alpha value is -2.31. The first-order valence-electron chi connectivity index (χ1n) is 13.8. The van der Waals surface area contributed by atoms with E-state index in [4.69, 9.17) is 4.74 Å². The van der Waals surface area contributed by atoms with Crippen LogP contribution in [0.2, 0.25) is 0 Å². The summed E-state index contributed by atoms with van der Waals surface area (Å²) >= 11 is 12.2. The van der Waals surface area contributed by atoms with Gasteiger partial charge < -0.3 is 14.7 Å². The average molecular weight is 618 g/mol. The molecule has 0 amide bonds. The fourth-order valence-corrected chi connectivity index (χ4v) is 7.29. The Labute approximate surface area is 254 Å². The Balaban J connectivity index is 1.26. The first-order chi connectivity index (χ1) is 19.3. The lowest BCUT2D eigenvalue weighted by Crippen LogP contribution is -2.58. The summed E-state index contributed by atoms with van der Waals surface area (Å²) in [7, 11) is 0. The Kier molecular flexibility index (Phi) is 7.34. The van der Waals surface area contributed by atoms with Gasteiger partial charge >= 0.3 is 0 Å². The Bertz CT molecular complexity index is 1460. The first-order valence-corrected chi connectivity index (χ1v) is 15.2. The lowest BCUT2D eigenvalue weighted by Gasteiger charge is -2.56. The quantitative estimate of drug-likeness (QED) is 0.170. The smallest absolute Gasteiger partial charge is 0.242 e. The molecule has 2 bridgehead atoms. The molecule has 0 spiro atoms. The third-order valence-corrected chi connectivity index (χ3v) is 9.07. The maximum absolute atomic E-state index is 16.1. The number of thiol groups is 3. The van der Waals surface area contributed by atoms with E-state index >= 15 is 4.39 Å². The highest BCUT2D eigenvalue weighted by Gasteiger charge is 2.56. The number of halogens is 2. The molecule has 0 aliphatic heterocycles. The SMILES string of the molecule is C[C@]12CCC[C@](C)(C1)[C@H](F)[C@H](N(c1cnc(-c3ccc(-c4cc(OC(S)(S)S)ncc4F)cc3O)nn1)C1CC1)C2. The van der Waals surface area contributed by atoms with Crippen molar-refractivity contribution >= 4 is 43.7 Å². The maximum atomic E-state index is 16.1. The van der Waals surface area contributed by atoms with Crippen molar-refractivity contribution in [2.24, 2.45) is 10.8 Å². The van der Waals surface area contributed by atoms with E-state index in [9.17, 15) is 9.50 Å². The van der Waals surface area contributed by atoms with Gasteiger partial charge in [-0.2, -0.15) is 0 Å². The number of aromatic hydroxyl groups is 1. The van der Waals surface area contributed by atoms with Gasteiger partial charge in [0.05, 0.1) is 24.0 Å². The predicted octanol–water partition coefficient (Wildman–Crippen LogP) is 6.89. The molecule has 4 atom stereocenters. The number of hydrogen-bond donors (Lipinski definition) is 4. The van der Waals surface area contributed by atoms with Crippen LogP contribution in [0.4, 0.5) is 14.6 Å². The van der Waals surface area contributed by atoms with E-state index in [0.29, 0.717) is 16.9 Å². The van der Waals surface area contributed by atoms with Crippen molar-refractivity contribution in [2.75, 3.05) is 4.90 Å². The minimum absolute atomic E-state index is 0.0633. The molecule has 0 saturated heterocycles. The van der Waals surface area contributed by atoms with Crippen molar-refractivity contribution < 1.29 is 18.6 Å². The lowest BCUT2D eigenvalue weighted by molar-refractivity contribution is -0.0554. The summed E-state index contributed by atoms with van der Waals surface area (Å²) < 4.78 is 34.7. The van der Waals surface area contributed by atoms with Gasteiger partial charge in [0.25, 0.3) is 0 Å². The van der Waals surface area contributed by atoms with Crippen LogP contribution in [0.5, 0.6) is 11.6 Å². The van der Waals surface area contributed by atoms with Crippen LogP contribution in [-0.2, 0) is 0 Å². The number of phenolic OH excluding ortho intramolecular Hbond substituents is 1. The second-order valence-electron chi connectivity index (χ2n) is 12.4. The monoisotopic (exact) mass is 617 g/mol. The standard InChI is InChI=1S/C29H33F2N5O2S3/c1-27-8-3-9-28(2,15-27)25(31)21(12-27)36(17-5-6-17)23-14-33-26(35-34-23)18-7-4-16(10-22(18)37)19-11-24(32-13-20(19)30)38-29(39,40)41/h4,7,10-11,13-14,17,21,25,37,39-41H,3,5-6,8-9,12,15H2,1-2H3/t21-,25-,27-,28-/m1/s1. The summed E-state index contributed by atoms with van der Waals surface area (Å²) in [6.07, 6.45) is 8.51. The largest absolute Gasteiger partial charge is 0.507 e. The molecule has 3 aromatic rings. The molecule has 7 nitrogen and oxygen atoms in total. The zero-order valence-corrected chi connectivity index (χ0v) is 25.5. The van der Waals surface area contributed by atoms with Crippen LogP contribution in [0.3, 0.4) is 0 Å². The fraction of sp³-hybridized carbons (Fsp3) is 0.517. The van der Waals surface area contributed by atoms with Crippen LogP contribution in [-0.4, -0.2) is 47.1 Å². The van der Waals surface area contributed by atoms with Gasteiger partial charge in [0.15, 0.2) is 11.6 Å². The van der Waals surface area contributed by atoms with Gasteiger partial charge in [-0.3, -0.25) is 0 Å². The summed E-state index contributed by atoms with van der Waals surface area (Å²) in [4.78, 5) is 10.5. The Morgan fingerprint density at radius 1 is 1.05 bits per heavy atom. The molecule has 0 radical (unpaired) electrons. The topological polar surface area (TPSA) is 84.3 Å². The molecule has 2 heterocycles. The van der Waals surface area contributed by atoms with E-state index in [-0.39, 0.29) is 45.9 Å². The number of anilines is 1. The normalized spacial score (nSPS) is 27.9. The molecule has 1 aromatic carbocycles. The van der Waals surface area contributed by atoms with Crippen LogP contribution in [0.15, 0.2) is 36.7 Å². The average Bonchev–Trinajstić information content (AvgIpc) is 3.73. The van der Waals surface area contributed by atoms with E-state index < -0.39 is 15.6 Å². The van der Waals surface area contributed by atoms with Crippen molar-refractivity contribution in [1.82, 2.24) is 20.2 Å². The van der Waals surface area contributed by atoms with Crippen molar-refractivity contribution in [2.45, 2.75) is 80.6 Å². The highest BCUT2D eigenvalue weighted by atomic mass is 32.2. The Morgan fingerprint density at radius 3 is 2.49 bits per heavy atom. The second-order valence-corrected chi connectivity index (χ2v) is 15.3. The lowest BCUT2D eigenvalue weighted by atomic mass is 9.54. The molecule has 3 aliphatic carbocycles. The third kappa shape index (κ3) is 5.84. The second kappa shape index (κ2) is 10.4. The minimum Gasteiger partial charge on any atom is -0.507 e. The molecule has 2 aromatic heterocycles. The van der Waals surface area contributed by atoms with Gasteiger partial charge in [-0.05, 0) is 61.6 Å². The van der Waals surface area contributed by atoms with E-state index in [2.05, 4.69) is 76.8 Å². The number of nitrogens with zero attached hydrogens (tertiary/aromatic N) is 5. The van der Waals surface area contributed by atoms with E-state index in [1.807, 2.05) is 0 Å². The van der Waals surface area contributed by atoms with Gasteiger partial charge in [-0.15, -0.1) is 48.1 Å². The van der Waals surface area contributed by atoms with E-state index in [1.54, 1.807) is 18.3 Å². The fourth-order valence-electron chi connectivity index (χ4n) is 7.01. The van der Waals surface area contributed by atoms with Crippen molar-refractivity contribution in [3.8, 4) is 34.1 Å². The number of ether oxygens (including phenoxy) is 1. The molecule has 3 fully saturated rings. The molecule has 0 unspecified atom stereocenters. The summed E-state index contributed by atoms with van der Waals surface area (Å²) in [5.41, 5.74) is 0.687. The van der Waals surface area contributed by atoms with Crippen molar-refractivity contribution in [3.63, 3.8) is 0 Å². The van der Waals surface area contributed by atoms with Gasteiger partial charge in [0.2, 0.25) is 9.48 Å². The first kappa shape index (κ1) is 28.8. The molecule has 41 heavy (non-hydrogen) atoms. The van der Waals surface area contributed by atoms with Gasteiger partial charge in [0, 0.05) is 23.1 Å². The zero-order chi connectivity index (χ0) is 29.2. The van der Waals surface area contributed by atoms with Crippen molar-refractivity contribution in [1.29, 1.82) is 0 Å². The molecule has 3 aliphatic rings. The summed E-state index contributed by atoms with van der Waals surface area (Å²) in [5.74, 6) is 0.0943. The van der Waals surface area contributed by atoms with Crippen molar-refractivity contribution in [3.05, 3.63) is 42.5 Å². The van der Waals surface area contributed by atoms with Gasteiger partial charge in [-0.1, -0.05) is 26.3 Å². The number of benzene rings is 1. The third-order valence-electron chi connectivity index (χ3n) is 8.80. The number of alkyl halides is 1. The molecule has 218 valence electrons. The summed E-state index contributed by atoms with van der Waals surface area (Å²) in [6, 6.07) is 6.00. The van der Waals surface area contributed by atoms with Crippen LogP contribution in [0.25, 0.3) is 22.5 Å². The summed E-state index contributed by atoms with van der Waals surface area (Å²) in [5, 5.41) is 19.6. The van der Waals surface area contributed by atoms with Crippen LogP contribution < -0.4 is 9.64 Å². The van der Waals surface area contributed by atoms with Gasteiger partial charge in [-0.25, -0.2) is 18.7 Å². The Morgan fingerprint density at radius 2 is 1.83 bits per heavy atom. The highest BCUT2D eigenvalue weighted by molar-refractivity contribution is 8.16. The molecular weight excluding hydrogens is 585 g/mol. The van der Waals surface area contributed by atoms with E-state index in [1.165, 1.54) is 12.1 Å². The molecule has 3 saturated carbocycles. The zero-order valence-electron chi connectivity index (χ0n) is 22.8. The molecule has 12 heteroatoms. The molecule has 1 N–H and O–H groups in total. The number of pyridine rings is 1. The van der Waals surface area contributed by atoms with Crippen LogP contribution >= 0.6 is 37.9 Å². The number of rotatable bonds is 7. The minimum atomic E-state index is -1.41.